The molecule has 0 spiro atoms. The SMILES string of the molecule is Cc1ccc(-n2nnnc2SC(C)/C(O)=C(\C#N)c2nc3ccccc3[nH]2)cc1. The third-order valence-corrected chi connectivity index (χ3v) is 5.42. The maximum Gasteiger partial charge on any atom is 0.214 e. The highest BCUT2D eigenvalue weighted by molar-refractivity contribution is 7.99. The molecule has 9 heteroatoms. The molecular weight excluding hydrogens is 386 g/mol. The molecule has 4 rings (SSSR count). The van der Waals surface area contributed by atoms with Gasteiger partial charge in [0, 0.05) is 0 Å². The Kier molecular flexibility index (Phi) is 5.01. The Morgan fingerprint density at radius 3 is 2.69 bits per heavy atom. The maximum absolute atomic E-state index is 10.8. The Balaban J connectivity index is 1.64. The predicted molar refractivity (Wildman–Crippen MR) is 110 cm³/mol. The second-order valence-corrected chi connectivity index (χ2v) is 7.75. The van der Waals surface area contributed by atoms with E-state index in [2.05, 4.69) is 31.6 Å². The molecule has 29 heavy (non-hydrogen) atoms. The van der Waals surface area contributed by atoms with E-state index in [-0.39, 0.29) is 11.3 Å². The van der Waals surface area contributed by atoms with E-state index >= 15 is 0 Å². The third-order valence-electron chi connectivity index (χ3n) is 4.38. The van der Waals surface area contributed by atoms with Crippen LogP contribution in [0.25, 0.3) is 22.3 Å². The van der Waals surface area contributed by atoms with Gasteiger partial charge in [0.15, 0.2) is 5.82 Å². The smallest absolute Gasteiger partial charge is 0.214 e. The Hall–Kier alpha value is -3.64. The van der Waals surface area contributed by atoms with E-state index in [1.54, 1.807) is 11.6 Å². The number of benzene rings is 2. The minimum absolute atomic E-state index is 0.0880. The van der Waals surface area contributed by atoms with Gasteiger partial charge in [-0.05, 0) is 48.5 Å². The second kappa shape index (κ2) is 7.77. The average Bonchev–Trinajstić information content (AvgIpc) is 3.36. The van der Waals surface area contributed by atoms with Gasteiger partial charge in [-0.3, -0.25) is 0 Å². The van der Waals surface area contributed by atoms with Gasteiger partial charge in [0.1, 0.15) is 17.4 Å². The van der Waals surface area contributed by atoms with E-state index in [9.17, 15) is 10.4 Å². The number of nitriles is 1. The van der Waals surface area contributed by atoms with Gasteiger partial charge in [0.25, 0.3) is 0 Å². The molecule has 0 saturated carbocycles. The number of allylic oxidation sites excluding steroid dienone is 1. The van der Waals surface area contributed by atoms with Crippen LogP contribution in [0.3, 0.4) is 0 Å². The number of aromatic nitrogens is 6. The molecule has 2 aromatic carbocycles. The van der Waals surface area contributed by atoms with Gasteiger partial charge in [-0.25, -0.2) is 4.98 Å². The highest BCUT2D eigenvalue weighted by Crippen LogP contribution is 2.30. The number of nitrogens with one attached hydrogen (secondary N) is 1. The molecule has 2 N–H and O–H groups in total. The van der Waals surface area contributed by atoms with Crippen molar-refractivity contribution in [2.75, 3.05) is 0 Å². The first kappa shape index (κ1) is 18.7. The molecule has 0 fully saturated rings. The van der Waals surface area contributed by atoms with Crippen molar-refractivity contribution in [2.24, 2.45) is 0 Å². The molecule has 2 aromatic heterocycles. The Morgan fingerprint density at radius 1 is 1.21 bits per heavy atom. The zero-order valence-electron chi connectivity index (χ0n) is 15.7. The molecular formula is C20H17N7OS. The molecule has 0 bridgehead atoms. The fraction of sp³-hybridized carbons (Fsp3) is 0.150. The third kappa shape index (κ3) is 3.70. The minimum atomic E-state index is -0.465. The number of fused-ring (bicyclic) bond motifs is 1. The van der Waals surface area contributed by atoms with Crippen LogP contribution in [0.2, 0.25) is 0 Å². The van der Waals surface area contributed by atoms with Crippen LogP contribution in [0, 0.1) is 18.3 Å². The first-order valence-electron chi connectivity index (χ1n) is 8.87. The lowest BCUT2D eigenvalue weighted by atomic mass is 10.2. The summed E-state index contributed by atoms with van der Waals surface area (Å²) >= 11 is 1.26. The molecule has 0 saturated heterocycles. The number of hydrogen-bond donors (Lipinski definition) is 2. The van der Waals surface area contributed by atoms with E-state index in [0.29, 0.717) is 11.0 Å². The Bertz CT molecular complexity index is 1200. The summed E-state index contributed by atoms with van der Waals surface area (Å²) in [6.45, 7) is 3.79. The summed E-state index contributed by atoms with van der Waals surface area (Å²) in [5.41, 5.74) is 3.57. The number of hydrogen-bond acceptors (Lipinski definition) is 7. The van der Waals surface area contributed by atoms with Crippen LogP contribution in [0.5, 0.6) is 0 Å². The number of para-hydroxylation sites is 2. The number of thioether (sulfide) groups is 1. The summed E-state index contributed by atoms with van der Waals surface area (Å²) in [5.74, 6) is 0.242. The van der Waals surface area contributed by atoms with Crippen LogP contribution in [-0.2, 0) is 0 Å². The minimum Gasteiger partial charge on any atom is -0.510 e. The van der Waals surface area contributed by atoms with Crippen LogP contribution in [0.4, 0.5) is 0 Å². The second-order valence-electron chi connectivity index (χ2n) is 6.44. The first-order valence-corrected chi connectivity index (χ1v) is 9.75. The molecule has 0 radical (unpaired) electrons. The Labute approximate surface area is 170 Å². The fourth-order valence-electron chi connectivity index (χ4n) is 2.82. The van der Waals surface area contributed by atoms with Gasteiger partial charge in [-0.2, -0.15) is 9.94 Å². The predicted octanol–water partition coefficient (Wildman–Crippen LogP) is 3.82. The summed E-state index contributed by atoms with van der Waals surface area (Å²) in [5, 5.41) is 32.3. The van der Waals surface area contributed by atoms with Crippen molar-refractivity contribution >= 4 is 28.4 Å². The fourth-order valence-corrected chi connectivity index (χ4v) is 3.69. The van der Waals surface area contributed by atoms with Crippen LogP contribution < -0.4 is 0 Å². The lowest BCUT2D eigenvalue weighted by molar-refractivity contribution is 0.401. The largest absolute Gasteiger partial charge is 0.510 e. The van der Waals surface area contributed by atoms with E-state index in [1.165, 1.54) is 11.8 Å². The van der Waals surface area contributed by atoms with Crippen molar-refractivity contribution in [1.29, 1.82) is 5.26 Å². The highest BCUT2D eigenvalue weighted by atomic mass is 32.2. The number of tetrazole rings is 1. The number of aliphatic hydroxyl groups is 1. The normalized spacial score (nSPS) is 13.1. The summed E-state index contributed by atoms with van der Waals surface area (Å²) in [6.07, 6.45) is 0. The zero-order valence-corrected chi connectivity index (χ0v) is 16.6. The van der Waals surface area contributed by atoms with Crippen molar-refractivity contribution < 1.29 is 5.11 Å². The van der Waals surface area contributed by atoms with Gasteiger partial charge in [0.2, 0.25) is 5.16 Å². The van der Waals surface area contributed by atoms with Crippen molar-refractivity contribution in [2.45, 2.75) is 24.3 Å². The maximum atomic E-state index is 10.8. The van der Waals surface area contributed by atoms with Crippen molar-refractivity contribution in [3.8, 4) is 11.8 Å². The average molecular weight is 403 g/mol. The Morgan fingerprint density at radius 2 is 1.97 bits per heavy atom. The van der Waals surface area contributed by atoms with Gasteiger partial charge in [-0.15, -0.1) is 5.10 Å². The molecule has 0 aliphatic heterocycles. The standard InChI is InChI=1S/C20H17N7OS/c1-12-7-9-14(10-8-12)27-20(24-25-26-27)29-13(2)18(28)15(11-21)19-22-16-5-3-4-6-17(16)23-19/h3-10,13,28H,1-2H3,(H,22,23)/b18-15-. The van der Waals surface area contributed by atoms with E-state index in [0.717, 1.165) is 22.3 Å². The van der Waals surface area contributed by atoms with Crippen LogP contribution in [0.15, 0.2) is 59.4 Å². The van der Waals surface area contributed by atoms with Crippen LogP contribution in [0.1, 0.15) is 18.3 Å². The number of H-pyrrole nitrogens is 1. The monoisotopic (exact) mass is 403 g/mol. The van der Waals surface area contributed by atoms with Crippen molar-refractivity contribution in [3.05, 3.63) is 65.7 Å². The highest BCUT2D eigenvalue weighted by Gasteiger charge is 2.21. The van der Waals surface area contributed by atoms with Gasteiger partial charge >= 0.3 is 0 Å². The number of aromatic amines is 1. The molecule has 0 amide bonds. The van der Waals surface area contributed by atoms with Gasteiger partial charge in [0.05, 0.1) is 22.0 Å². The van der Waals surface area contributed by atoms with E-state index in [4.69, 9.17) is 0 Å². The summed E-state index contributed by atoms with van der Waals surface area (Å²) in [7, 11) is 0. The number of imidazole rings is 1. The molecule has 4 aromatic rings. The lowest BCUT2D eigenvalue weighted by Crippen LogP contribution is -2.07. The van der Waals surface area contributed by atoms with Gasteiger partial charge < -0.3 is 10.1 Å². The molecule has 8 nitrogen and oxygen atoms in total. The quantitative estimate of drug-likeness (QED) is 0.295. The van der Waals surface area contributed by atoms with Crippen LogP contribution >= 0.6 is 11.8 Å². The lowest BCUT2D eigenvalue weighted by Gasteiger charge is -2.11. The van der Waals surface area contributed by atoms with Crippen molar-refractivity contribution in [1.82, 2.24) is 30.2 Å². The summed E-state index contributed by atoms with van der Waals surface area (Å²) in [4.78, 5) is 7.48. The van der Waals surface area contributed by atoms with Crippen LogP contribution in [-0.4, -0.2) is 40.5 Å². The van der Waals surface area contributed by atoms with Gasteiger partial charge in [-0.1, -0.05) is 41.6 Å². The molecule has 2 heterocycles. The number of nitrogens with zero attached hydrogens (tertiary/aromatic N) is 6. The molecule has 0 aliphatic carbocycles. The molecule has 1 unspecified atom stereocenters. The van der Waals surface area contributed by atoms with E-state index in [1.807, 2.05) is 55.5 Å². The summed E-state index contributed by atoms with van der Waals surface area (Å²) < 4.78 is 1.60. The van der Waals surface area contributed by atoms with Crippen molar-refractivity contribution in [3.63, 3.8) is 0 Å². The molecule has 144 valence electrons. The number of aryl methyl sites for hydroxylation is 1. The zero-order chi connectivity index (χ0) is 20.4. The molecule has 0 aliphatic rings. The number of rotatable bonds is 5. The first-order chi connectivity index (χ1) is 14.1. The number of aliphatic hydroxyl groups excluding tert-OH is 1. The molecule has 1 atom stereocenters. The van der Waals surface area contributed by atoms with E-state index < -0.39 is 5.25 Å². The summed E-state index contributed by atoms with van der Waals surface area (Å²) in [6, 6.07) is 17.3. The topological polar surface area (TPSA) is 116 Å².